The van der Waals surface area contributed by atoms with E-state index in [0.29, 0.717) is 49.0 Å². The van der Waals surface area contributed by atoms with E-state index in [2.05, 4.69) is 10.4 Å². The second-order valence-corrected chi connectivity index (χ2v) is 7.65. The molecule has 1 N–H and O–H groups in total. The first kappa shape index (κ1) is 19.0. The van der Waals surface area contributed by atoms with Gasteiger partial charge in [0.1, 0.15) is 0 Å². The number of benzene rings is 1. The molecule has 2 aliphatic heterocycles. The molecule has 4 rings (SSSR count). The van der Waals surface area contributed by atoms with E-state index in [4.69, 9.17) is 16.3 Å². The number of amides is 2. The Balaban J connectivity index is 1.39. The maximum Gasteiger partial charge on any atom is 0.257 e. The summed E-state index contributed by atoms with van der Waals surface area (Å²) in [6.45, 7) is 3.69. The molecule has 0 bridgehead atoms. The van der Waals surface area contributed by atoms with Crippen molar-refractivity contribution >= 4 is 23.4 Å². The van der Waals surface area contributed by atoms with Gasteiger partial charge >= 0.3 is 0 Å². The lowest BCUT2D eigenvalue weighted by atomic mass is 9.94. The van der Waals surface area contributed by atoms with Gasteiger partial charge in [0.15, 0.2) is 0 Å². The smallest absolute Gasteiger partial charge is 0.257 e. The minimum Gasteiger partial charge on any atom is -0.378 e. The Morgan fingerprint density at radius 1 is 1.25 bits per heavy atom. The number of nitrogens with zero attached hydrogens (tertiary/aromatic N) is 3. The van der Waals surface area contributed by atoms with Gasteiger partial charge in [0.2, 0.25) is 0 Å². The van der Waals surface area contributed by atoms with Crippen LogP contribution < -0.4 is 5.32 Å². The van der Waals surface area contributed by atoms with Crippen molar-refractivity contribution in [1.29, 1.82) is 0 Å². The van der Waals surface area contributed by atoms with Crippen LogP contribution in [0.1, 0.15) is 32.8 Å². The Kier molecular flexibility index (Phi) is 5.64. The quantitative estimate of drug-likeness (QED) is 0.848. The summed E-state index contributed by atoms with van der Waals surface area (Å²) in [7, 11) is 0. The second-order valence-electron chi connectivity index (χ2n) is 7.21. The van der Waals surface area contributed by atoms with E-state index in [-0.39, 0.29) is 17.7 Å². The summed E-state index contributed by atoms with van der Waals surface area (Å²) in [6.07, 6.45) is 3.32. The number of hydrogen-bond acceptors (Lipinski definition) is 4. The fourth-order valence-electron chi connectivity index (χ4n) is 3.76. The number of carbonyl (C=O) groups is 2. The van der Waals surface area contributed by atoms with Gasteiger partial charge in [-0.25, -0.2) is 0 Å². The minimum atomic E-state index is -0.133. The molecule has 1 aromatic heterocycles. The highest BCUT2D eigenvalue weighted by molar-refractivity contribution is 6.30. The van der Waals surface area contributed by atoms with Crippen LogP contribution in [-0.2, 0) is 17.7 Å². The lowest BCUT2D eigenvalue weighted by Crippen LogP contribution is -2.41. The van der Waals surface area contributed by atoms with Crippen LogP contribution in [0.15, 0.2) is 30.5 Å². The number of aromatic nitrogens is 2. The predicted molar refractivity (Wildman–Crippen MR) is 105 cm³/mol. The average molecular weight is 403 g/mol. The number of hydrogen-bond donors (Lipinski definition) is 1. The van der Waals surface area contributed by atoms with E-state index in [1.54, 1.807) is 30.5 Å². The van der Waals surface area contributed by atoms with Gasteiger partial charge in [-0.2, -0.15) is 5.10 Å². The van der Waals surface area contributed by atoms with Crippen molar-refractivity contribution in [2.75, 3.05) is 32.8 Å². The molecule has 1 atom stereocenters. The summed E-state index contributed by atoms with van der Waals surface area (Å²) < 4.78 is 7.25. The van der Waals surface area contributed by atoms with Crippen molar-refractivity contribution in [3.05, 3.63) is 52.3 Å². The lowest BCUT2D eigenvalue weighted by Gasteiger charge is -2.28. The first-order chi connectivity index (χ1) is 13.6. The van der Waals surface area contributed by atoms with E-state index in [1.165, 1.54) is 0 Å². The summed E-state index contributed by atoms with van der Waals surface area (Å²) in [4.78, 5) is 27.0. The Morgan fingerprint density at radius 2 is 2.07 bits per heavy atom. The zero-order valence-corrected chi connectivity index (χ0v) is 16.3. The molecule has 0 saturated carbocycles. The van der Waals surface area contributed by atoms with Crippen LogP contribution in [0.4, 0.5) is 0 Å². The number of ether oxygens (including phenoxy) is 1. The largest absolute Gasteiger partial charge is 0.378 e. The molecule has 3 heterocycles. The molecule has 0 spiro atoms. The van der Waals surface area contributed by atoms with Gasteiger partial charge in [-0.3, -0.25) is 14.3 Å². The van der Waals surface area contributed by atoms with Gasteiger partial charge in [0, 0.05) is 36.8 Å². The van der Waals surface area contributed by atoms with Crippen LogP contribution in [0.25, 0.3) is 0 Å². The third-order valence-corrected chi connectivity index (χ3v) is 5.58. The van der Waals surface area contributed by atoms with Crippen molar-refractivity contribution in [2.24, 2.45) is 5.92 Å². The first-order valence-corrected chi connectivity index (χ1v) is 9.95. The fraction of sp³-hybridized carbons (Fsp3) is 0.450. The van der Waals surface area contributed by atoms with Crippen LogP contribution in [-0.4, -0.2) is 59.3 Å². The van der Waals surface area contributed by atoms with E-state index in [1.807, 2.05) is 9.58 Å². The number of carbonyl (C=O) groups excluding carboxylic acids is 2. The Morgan fingerprint density at radius 3 is 2.86 bits per heavy atom. The summed E-state index contributed by atoms with van der Waals surface area (Å²) in [6, 6.07) is 6.91. The van der Waals surface area contributed by atoms with Crippen LogP contribution in [0, 0.1) is 5.92 Å². The highest BCUT2D eigenvalue weighted by atomic mass is 35.5. The Labute approximate surface area is 168 Å². The monoisotopic (exact) mass is 402 g/mol. The molecule has 7 nitrogen and oxygen atoms in total. The van der Waals surface area contributed by atoms with Gasteiger partial charge in [-0.1, -0.05) is 17.7 Å². The van der Waals surface area contributed by atoms with Gasteiger partial charge in [-0.15, -0.1) is 0 Å². The molecule has 0 radical (unpaired) electrons. The van der Waals surface area contributed by atoms with Crippen molar-refractivity contribution in [3.63, 3.8) is 0 Å². The van der Waals surface area contributed by atoms with E-state index < -0.39 is 0 Å². The van der Waals surface area contributed by atoms with Gasteiger partial charge in [0.05, 0.1) is 30.7 Å². The summed E-state index contributed by atoms with van der Waals surface area (Å²) in [5.41, 5.74) is 2.19. The standard InChI is InChI=1S/C20H23ClN4O3/c21-16-3-1-2-15(11-16)19(26)22-12-14-4-5-25-18(10-14)17(13-23-25)20(27)24-6-8-28-9-7-24/h1-3,11,13-14H,4-10,12H2,(H,22,26)/t14-/m1/s1. The Bertz CT molecular complexity index is 876. The van der Waals surface area contributed by atoms with Crippen LogP contribution in [0.3, 0.4) is 0 Å². The SMILES string of the molecule is O=C(NC[C@@H]1CCn2ncc(C(=O)N3CCOCC3)c2C1)c1cccc(Cl)c1. The number of aryl methyl sites for hydroxylation is 1. The molecular formula is C20H23ClN4O3. The van der Waals surface area contributed by atoms with Crippen molar-refractivity contribution in [1.82, 2.24) is 20.0 Å². The molecule has 1 aromatic carbocycles. The third kappa shape index (κ3) is 4.05. The van der Waals surface area contributed by atoms with E-state index in [0.717, 1.165) is 25.1 Å². The molecule has 28 heavy (non-hydrogen) atoms. The second kappa shape index (κ2) is 8.32. The zero-order valence-electron chi connectivity index (χ0n) is 15.6. The molecule has 2 aromatic rings. The van der Waals surface area contributed by atoms with Crippen molar-refractivity contribution < 1.29 is 14.3 Å². The third-order valence-electron chi connectivity index (χ3n) is 5.35. The highest BCUT2D eigenvalue weighted by Gasteiger charge is 2.28. The number of fused-ring (bicyclic) bond motifs is 1. The molecule has 2 aliphatic rings. The molecular weight excluding hydrogens is 380 g/mol. The summed E-state index contributed by atoms with van der Waals surface area (Å²) in [5.74, 6) is 0.155. The maximum atomic E-state index is 12.9. The Hall–Kier alpha value is -2.38. The number of nitrogens with one attached hydrogen (secondary N) is 1. The van der Waals surface area contributed by atoms with Crippen LogP contribution in [0.5, 0.6) is 0 Å². The molecule has 0 aliphatic carbocycles. The lowest BCUT2D eigenvalue weighted by molar-refractivity contribution is 0.0301. The van der Waals surface area contributed by atoms with E-state index >= 15 is 0 Å². The molecule has 8 heteroatoms. The predicted octanol–water partition coefficient (Wildman–Crippen LogP) is 2.00. The molecule has 0 unspecified atom stereocenters. The van der Waals surface area contributed by atoms with E-state index in [9.17, 15) is 9.59 Å². The van der Waals surface area contributed by atoms with Crippen molar-refractivity contribution in [2.45, 2.75) is 19.4 Å². The van der Waals surface area contributed by atoms with Gasteiger partial charge in [0.25, 0.3) is 11.8 Å². The normalized spacial score (nSPS) is 19.2. The van der Waals surface area contributed by atoms with Gasteiger partial charge in [-0.05, 0) is 37.0 Å². The van der Waals surface area contributed by atoms with Crippen LogP contribution in [0.2, 0.25) is 5.02 Å². The van der Waals surface area contributed by atoms with Crippen molar-refractivity contribution in [3.8, 4) is 0 Å². The molecule has 2 amide bonds. The number of halogens is 1. The minimum absolute atomic E-state index is 0.0214. The zero-order chi connectivity index (χ0) is 19.5. The molecule has 1 saturated heterocycles. The topological polar surface area (TPSA) is 76.5 Å². The maximum absolute atomic E-state index is 12.9. The summed E-state index contributed by atoms with van der Waals surface area (Å²) >= 11 is 5.96. The first-order valence-electron chi connectivity index (χ1n) is 9.57. The number of morpholine rings is 1. The van der Waals surface area contributed by atoms with Crippen LogP contribution >= 0.6 is 11.6 Å². The summed E-state index contributed by atoms with van der Waals surface area (Å²) in [5, 5.41) is 7.93. The van der Waals surface area contributed by atoms with Gasteiger partial charge < -0.3 is 15.0 Å². The fourth-order valence-corrected chi connectivity index (χ4v) is 3.95. The molecule has 1 fully saturated rings. The number of rotatable bonds is 4. The highest BCUT2D eigenvalue weighted by Crippen LogP contribution is 2.24. The molecule has 148 valence electrons. The average Bonchev–Trinajstić information content (AvgIpc) is 3.15.